The van der Waals surface area contributed by atoms with E-state index >= 15 is 0 Å². The molecule has 24 heavy (non-hydrogen) atoms. The fraction of sp³-hybridized carbons (Fsp3) is 0.429. The first kappa shape index (κ1) is 20.3. The van der Waals surface area contributed by atoms with Crippen LogP contribution in [0.25, 0.3) is 0 Å². The van der Waals surface area contributed by atoms with Crippen molar-refractivity contribution in [2.75, 3.05) is 12.3 Å². The van der Waals surface area contributed by atoms with Gasteiger partial charge < -0.3 is 15.8 Å². The number of carbonyl (C=O) groups is 2. The minimum atomic E-state index is -1.09. The maximum absolute atomic E-state index is 12.0. The van der Waals surface area contributed by atoms with Crippen molar-refractivity contribution in [2.24, 2.45) is 5.92 Å². The van der Waals surface area contributed by atoms with Crippen LogP contribution >= 0.6 is 34.8 Å². The van der Waals surface area contributed by atoms with Gasteiger partial charge >= 0.3 is 5.97 Å². The van der Waals surface area contributed by atoms with E-state index in [2.05, 4.69) is 10.3 Å². The zero-order valence-electron chi connectivity index (χ0n) is 13.1. The molecule has 3 N–H and O–H groups in total. The van der Waals surface area contributed by atoms with E-state index in [1.54, 1.807) is 20.8 Å². The summed E-state index contributed by atoms with van der Waals surface area (Å²) in [5.41, 5.74) is 4.03. The predicted molar refractivity (Wildman–Crippen MR) is 91.0 cm³/mol. The lowest BCUT2D eigenvalue weighted by atomic mass is 9.90. The number of aromatic nitrogens is 1. The van der Waals surface area contributed by atoms with E-state index in [-0.39, 0.29) is 32.5 Å². The van der Waals surface area contributed by atoms with Gasteiger partial charge in [-0.2, -0.15) is 5.26 Å². The van der Waals surface area contributed by atoms with Crippen LogP contribution in [0.5, 0.6) is 0 Å². The van der Waals surface area contributed by atoms with Crippen molar-refractivity contribution >= 4 is 52.4 Å². The van der Waals surface area contributed by atoms with Gasteiger partial charge in [0.2, 0.25) is 0 Å². The quantitative estimate of drug-likeness (QED) is 0.586. The molecule has 1 amide bonds. The summed E-state index contributed by atoms with van der Waals surface area (Å²) in [6, 6.07) is 2.00. The molecule has 0 bridgehead atoms. The molecule has 0 saturated carbocycles. The Bertz CT molecular complexity index is 718. The Morgan fingerprint density at radius 2 is 1.96 bits per heavy atom. The third-order valence-electron chi connectivity index (χ3n) is 3.39. The van der Waals surface area contributed by atoms with Crippen molar-refractivity contribution in [1.29, 1.82) is 5.26 Å². The summed E-state index contributed by atoms with van der Waals surface area (Å²) >= 11 is 17.4. The van der Waals surface area contributed by atoms with Crippen LogP contribution in [0.15, 0.2) is 0 Å². The highest BCUT2D eigenvalue weighted by Gasteiger charge is 2.30. The minimum Gasteiger partial charge on any atom is -0.451 e. The molecule has 0 aliphatic heterocycles. The fourth-order valence-electron chi connectivity index (χ4n) is 1.49. The molecule has 0 aliphatic carbocycles. The molecule has 1 heterocycles. The first-order valence-electron chi connectivity index (χ1n) is 6.72. The normalized spacial score (nSPS) is 13.1. The molecule has 1 atom stereocenters. The molecule has 10 heteroatoms. The van der Waals surface area contributed by atoms with E-state index < -0.39 is 24.0 Å². The number of nitrogens with two attached hydrogens (primary N) is 1. The van der Waals surface area contributed by atoms with Gasteiger partial charge in [-0.25, -0.2) is 9.78 Å². The van der Waals surface area contributed by atoms with Gasteiger partial charge in [0.25, 0.3) is 5.91 Å². The first-order valence-corrected chi connectivity index (χ1v) is 7.86. The second-order valence-electron chi connectivity index (χ2n) is 5.39. The molecule has 1 aromatic rings. The lowest BCUT2D eigenvalue weighted by molar-refractivity contribution is -0.125. The topological polar surface area (TPSA) is 118 Å². The zero-order valence-corrected chi connectivity index (χ0v) is 15.4. The number of ether oxygens (including phenoxy) is 1. The molecule has 0 aromatic carbocycles. The Labute approximate surface area is 154 Å². The number of hydrogen-bond donors (Lipinski definition) is 2. The number of rotatable bonds is 5. The molecular formula is C14H15Cl3N4O3. The number of pyridine rings is 1. The maximum Gasteiger partial charge on any atom is 0.359 e. The molecule has 0 unspecified atom stereocenters. The van der Waals surface area contributed by atoms with Gasteiger partial charge in [0.15, 0.2) is 17.5 Å². The highest BCUT2D eigenvalue weighted by atomic mass is 35.5. The van der Waals surface area contributed by atoms with Crippen LogP contribution in [-0.4, -0.2) is 29.0 Å². The fourth-order valence-corrected chi connectivity index (χ4v) is 2.08. The Morgan fingerprint density at radius 1 is 1.38 bits per heavy atom. The summed E-state index contributed by atoms with van der Waals surface area (Å²) in [6.07, 6.45) is 0. The van der Waals surface area contributed by atoms with Crippen LogP contribution in [0.1, 0.15) is 31.3 Å². The van der Waals surface area contributed by atoms with Gasteiger partial charge in [0.1, 0.15) is 10.6 Å². The largest absolute Gasteiger partial charge is 0.451 e. The van der Waals surface area contributed by atoms with Crippen molar-refractivity contribution in [3.63, 3.8) is 0 Å². The second-order valence-corrected chi connectivity index (χ2v) is 6.50. The molecule has 1 aromatic heterocycles. The molecule has 0 spiro atoms. The monoisotopic (exact) mass is 392 g/mol. The number of nitrogens with zero attached hydrogens (tertiary/aromatic N) is 2. The summed E-state index contributed by atoms with van der Waals surface area (Å²) in [7, 11) is 0. The summed E-state index contributed by atoms with van der Waals surface area (Å²) in [6.45, 7) is 4.49. The van der Waals surface area contributed by atoms with Crippen molar-refractivity contribution in [3.8, 4) is 6.07 Å². The number of anilines is 1. The smallest absolute Gasteiger partial charge is 0.359 e. The van der Waals surface area contributed by atoms with E-state index in [0.29, 0.717) is 0 Å². The Morgan fingerprint density at radius 3 is 2.46 bits per heavy atom. The van der Waals surface area contributed by atoms with Crippen LogP contribution in [0.4, 0.5) is 5.69 Å². The van der Waals surface area contributed by atoms with E-state index in [0.717, 1.165) is 0 Å². The van der Waals surface area contributed by atoms with Crippen LogP contribution in [0, 0.1) is 17.2 Å². The summed E-state index contributed by atoms with van der Waals surface area (Å²) < 4.78 is 4.83. The van der Waals surface area contributed by atoms with Crippen molar-refractivity contribution in [1.82, 2.24) is 10.3 Å². The Hall–Kier alpha value is -1.75. The number of hydrogen-bond acceptors (Lipinski definition) is 6. The molecule has 0 fully saturated rings. The number of amides is 1. The van der Waals surface area contributed by atoms with Gasteiger partial charge in [0, 0.05) is 0 Å². The van der Waals surface area contributed by atoms with Crippen LogP contribution in [-0.2, 0) is 9.53 Å². The van der Waals surface area contributed by atoms with E-state index in [1.807, 2.05) is 6.07 Å². The number of halogens is 3. The van der Waals surface area contributed by atoms with Gasteiger partial charge in [-0.05, 0) is 12.8 Å². The first-order chi connectivity index (χ1) is 11.0. The molecule has 0 radical (unpaired) electrons. The lowest BCUT2D eigenvalue weighted by Gasteiger charge is -2.27. The minimum absolute atomic E-state index is 0.0855. The molecular weight excluding hydrogens is 379 g/mol. The zero-order chi connectivity index (χ0) is 18.7. The average Bonchev–Trinajstić information content (AvgIpc) is 2.53. The molecule has 0 saturated heterocycles. The summed E-state index contributed by atoms with van der Waals surface area (Å²) in [5, 5.41) is 11.1. The SMILES string of the molecule is CC(C)[C@](C)(C#N)NC(=O)COC(=O)c1nc(Cl)c(Cl)c(N)c1Cl. The lowest BCUT2D eigenvalue weighted by Crippen LogP contribution is -2.50. The Balaban J connectivity index is 2.81. The molecule has 0 aliphatic rings. The standard InChI is InChI=1S/C14H15Cl3N4O3/c1-6(2)14(3,5-18)21-7(22)4-24-13(23)11-8(15)10(19)9(16)12(17)20-11/h6H,4H2,1-3H3,(H2,19,20)(H,21,22)/t14-/m0/s1. The van der Waals surface area contributed by atoms with Crippen LogP contribution in [0.3, 0.4) is 0 Å². The average molecular weight is 394 g/mol. The third-order valence-corrected chi connectivity index (χ3v) is 4.52. The van der Waals surface area contributed by atoms with Crippen LogP contribution < -0.4 is 11.1 Å². The van der Waals surface area contributed by atoms with Gasteiger partial charge in [-0.15, -0.1) is 0 Å². The summed E-state index contributed by atoms with van der Waals surface area (Å²) in [4.78, 5) is 27.5. The van der Waals surface area contributed by atoms with Crippen molar-refractivity contribution in [2.45, 2.75) is 26.3 Å². The van der Waals surface area contributed by atoms with E-state index in [9.17, 15) is 9.59 Å². The van der Waals surface area contributed by atoms with E-state index in [1.165, 1.54) is 0 Å². The van der Waals surface area contributed by atoms with Gasteiger partial charge in [0.05, 0.1) is 16.8 Å². The number of nitrogen functional groups attached to an aromatic ring is 1. The highest BCUT2D eigenvalue weighted by molar-refractivity contribution is 6.46. The summed E-state index contributed by atoms with van der Waals surface area (Å²) in [5.74, 6) is -1.79. The van der Waals surface area contributed by atoms with Gasteiger partial charge in [-0.1, -0.05) is 48.7 Å². The molecule has 1 rings (SSSR count). The van der Waals surface area contributed by atoms with Crippen LogP contribution in [0.2, 0.25) is 15.2 Å². The number of carbonyl (C=O) groups excluding carboxylic acids is 2. The predicted octanol–water partition coefficient (Wildman–Crippen LogP) is 2.84. The third kappa shape index (κ3) is 4.41. The number of esters is 1. The van der Waals surface area contributed by atoms with Crippen molar-refractivity contribution < 1.29 is 14.3 Å². The highest BCUT2D eigenvalue weighted by Crippen LogP contribution is 2.34. The van der Waals surface area contributed by atoms with Gasteiger partial charge in [-0.3, -0.25) is 4.79 Å². The number of nitrogens with one attached hydrogen (secondary N) is 1. The van der Waals surface area contributed by atoms with Crippen molar-refractivity contribution in [3.05, 3.63) is 20.9 Å². The number of nitriles is 1. The Kier molecular flexibility index (Phi) is 6.67. The second kappa shape index (κ2) is 7.88. The molecule has 130 valence electrons. The maximum atomic E-state index is 12.0. The van der Waals surface area contributed by atoms with E-state index in [4.69, 9.17) is 50.5 Å². The molecule has 7 nitrogen and oxygen atoms in total.